The molecule has 0 saturated heterocycles. The fourth-order valence-corrected chi connectivity index (χ4v) is 1.86. The topological polar surface area (TPSA) is 76.9 Å². The monoisotopic (exact) mass is 264 g/mol. The van der Waals surface area contributed by atoms with Crippen LogP contribution in [-0.4, -0.2) is 24.0 Å². The van der Waals surface area contributed by atoms with Crippen molar-refractivity contribution in [2.24, 2.45) is 16.8 Å². The lowest BCUT2D eigenvalue weighted by Crippen LogP contribution is -2.39. The van der Waals surface area contributed by atoms with Crippen LogP contribution in [0.2, 0.25) is 0 Å². The van der Waals surface area contributed by atoms with Crippen molar-refractivity contribution < 1.29 is 4.74 Å². The normalized spacial score (nSPS) is 16.0. The van der Waals surface area contributed by atoms with Gasteiger partial charge in [0.25, 0.3) is 0 Å². The molecule has 0 aliphatic carbocycles. The third-order valence-electron chi connectivity index (χ3n) is 2.69. The number of hydrogen-bond donors (Lipinski definition) is 2. The number of amidine groups is 1. The Hall–Kier alpha value is -1.75. The maximum atomic E-state index is 5.84. The van der Waals surface area contributed by atoms with E-state index in [4.69, 9.17) is 16.4 Å². The van der Waals surface area contributed by atoms with Gasteiger partial charge < -0.3 is 10.6 Å². The third-order valence-corrected chi connectivity index (χ3v) is 2.69. The first-order chi connectivity index (χ1) is 9.19. The number of fused-ring (bicyclic) bond motifs is 1. The van der Waals surface area contributed by atoms with E-state index in [1.54, 1.807) is 0 Å². The summed E-state index contributed by atoms with van der Waals surface area (Å²) in [5.74, 6) is 12.6. The summed E-state index contributed by atoms with van der Waals surface area (Å²) in [4.78, 5) is 0. The molecule has 1 aliphatic rings. The second-order valence-electron chi connectivity index (χ2n) is 4.35. The molecule has 0 unspecified atom stereocenters. The van der Waals surface area contributed by atoms with Crippen LogP contribution >= 0.6 is 0 Å². The van der Waals surface area contributed by atoms with Gasteiger partial charge in [0.15, 0.2) is 5.84 Å². The Balaban J connectivity index is 0.000000550. The minimum absolute atomic E-state index is 0.541. The molecule has 106 valence electrons. The number of nitrogens with two attached hydrogens (primary N) is 2. The number of ether oxygens (including phenoxy) is 1. The molecule has 0 amide bonds. The Kier molecular flexibility index (Phi) is 6.15. The summed E-state index contributed by atoms with van der Waals surface area (Å²) in [5, 5.41) is 5.26. The number of aryl methyl sites for hydroxylation is 1. The summed E-state index contributed by atoms with van der Waals surface area (Å²) in [6.45, 7) is 7.46. The van der Waals surface area contributed by atoms with Crippen LogP contribution in [0, 0.1) is 0 Å². The highest BCUT2D eigenvalue weighted by Gasteiger charge is 2.21. The Bertz CT molecular complexity index is 431. The van der Waals surface area contributed by atoms with Gasteiger partial charge in [0.1, 0.15) is 12.4 Å². The fourth-order valence-electron chi connectivity index (χ4n) is 1.86. The van der Waals surface area contributed by atoms with Crippen molar-refractivity contribution in [2.75, 3.05) is 13.2 Å². The molecule has 0 atom stereocenters. The zero-order chi connectivity index (χ0) is 14.3. The highest BCUT2D eigenvalue weighted by atomic mass is 16.5. The lowest BCUT2D eigenvalue weighted by molar-refractivity contribution is 0.280. The van der Waals surface area contributed by atoms with Crippen molar-refractivity contribution in [1.29, 1.82) is 0 Å². The van der Waals surface area contributed by atoms with E-state index in [0.29, 0.717) is 19.0 Å². The molecule has 0 spiro atoms. The summed E-state index contributed by atoms with van der Waals surface area (Å²) < 4.78 is 5.71. The molecule has 5 nitrogen and oxygen atoms in total. The first-order valence-corrected chi connectivity index (χ1v) is 6.74. The molecule has 0 bridgehead atoms. The molecular formula is C14H24N4O. The van der Waals surface area contributed by atoms with E-state index in [2.05, 4.69) is 25.9 Å². The standard InChI is InChI=1S/C11H16N4O.C3H8/c1-2-8-4-3-5-9-10(8)16-7-6-15(13)11(9)14-12;1-3-2/h3-5H,2,6-7,12-13H2,1H3;3H2,1-2H3/b14-11-;. The zero-order valence-electron chi connectivity index (χ0n) is 12.0. The average Bonchev–Trinajstić information content (AvgIpc) is 2.57. The first kappa shape index (κ1) is 15.3. The van der Waals surface area contributed by atoms with Crippen molar-refractivity contribution in [3.8, 4) is 5.75 Å². The van der Waals surface area contributed by atoms with Crippen LogP contribution in [0.1, 0.15) is 38.3 Å². The molecule has 1 heterocycles. The summed E-state index contributed by atoms with van der Waals surface area (Å²) in [5.41, 5.74) is 2.01. The number of hydrazine groups is 1. The van der Waals surface area contributed by atoms with E-state index in [1.807, 2.05) is 18.2 Å². The van der Waals surface area contributed by atoms with Gasteiger partial charge in [-0.05, 0) is 18.1 Å². The summed E-state index contributed by atoms with van der Waals surface area (Å²) >= 11 is 0. The molecule has 0 aromatic heterocycles. The van der Waals surface area contributed by atoms with Crippen molar-refractivity contribution in [1.82, 2.24) is 5.01 Å². The molecule has 0 saturated carbocycles. The zero-order valence-corrected chi connectivity index (χ0v) is 12.0. The van der Waals surface area contributed by atoms with E-state index < -0.39 is 0 Å². The molecule has 5 heteroatoms. The number of hydrazone groups is 1. The Morgan fingerprint density at radius 2 is 2.00 bits per heavy atom. The fraction of sp³-hybridized carbons (Fsp3) is 0.500. The smallest absolute Gasteiger partial charge is 0.173 e. The number of rotatable bonds is 1. The van der Waals surface area contributed by atoms with Gasteiger partial charge in [-0.3, -0.25) is 5.01 Å². The summed E-state index contributed by atoms with van der Waals surface area (Å²) in [6, 6.07) is 5.93. The Labute approximate surface area is 115 Å². The summed E-state index contributed by atoms with van der Waals surface area (Å²) in [6.07, 6.45) is 2.16. The van der Waals surface area contributed by atoms with Gasteiger partial charge in [0, 0.05) is 0 Å². The van der Waals surface area contributed by atoms with Crippen molar-refractivity contribution >= 4 is 5.84 Å². The van der Waals surface area contributed by atoms with Crippen molar-refractivity contribution in [3.05, 3.63) is 29.3 Å². The molecule has 0 fully saturated rings. The molecule has 2 rings (SSSR count). The maximum Gasteiger partial charge on any atom is 0.173 e. The summed E-state index contributed by atoms with van der Waals surface area (Å²) in [7, 11) is 0. The SMILES string of the molecule is CCC.CCc1cccc2c1OCCN(N)/C2=N\N. The number of benzene rings is 1. The highest BCUT2D eigenvalue weighted by molar-refractivity contribution is 6.01. The van der Waals surface area contributed by atoms with Gasteiger partial charge in [-0.1, -0.05) is 39.3 Å². The van der Waals surface area contributed by atoms with Crippen molar-refractivity contribution in [3.63, 3.8) is 0 Å². The van der Waals surface area contributed by atoms with Crippen LogP contribution in [0.5, 0.6) is 5.75 Å². The van der Waals surface area contributed by atoms with Gasteiger partial charge >= 0.3 is 0 Å². The van der Waals surface area contributed by atoms with Gasteiger partial charge in [-0.2, -0.15) is 5.10 Å². The van der Waals surface area contributed by atoms with E-state index in [-0.39, 0.29) is 0 Å². The van der Waals surface area contributed by atoms with Gasteiger partial charge in [-0.15, -0.1) is 0 Å². The van der Waals surface area contributed by atoms with Crippen LogP contribution in [0.4, 0.5) is 0 Å². The van der Waals surface area contributed by atoms with E-state index in [9.17, 15) is 0 Å². The van der Waals surface area contributed by atoms with E-state index >= 15 is 0 Å². The van der Waals surface area contributed by atoms with Crippen LogP contribution in [-0.2, 0) is 6.42 Å². The van der Waals surface area contributed by atoms with Crippen LogP contribution in [0.25, 0.3) is 0 Å². The van der Waals surface area contributed by atoms with Gasteiger partial charge in [-0.25, -0.2) is 5.84 Å². The maximum absolute atomic E-state index is 5.84. The molecule has 4 N–H and O–H groups in total. The number of para-hydroxylation sites is 1. The number of hydrogen-bond acceptors (Lipinski definition) is 4. The van der Waals surface area contributed by atoms with Gasteiger partial charge in [0.05, 0.1) is 12.1 Å². The van der Waals surface area contributed by atoms with E-state index in [0.717, 1.165) is 23.3 Å². The molecule has 1 aliphatic heterocycles. The second kappa shape index (κ2) is 7.63. The lowest BCUT2D eigenvalue weighted by Gasteiger charge is -2.16. The highest BCUT2D eigenvalue weighted by Crippen LogP contribution is 2.27. The Morgan fingerprint density at radius 3 is 2.58 bits per heavy atom. The minimum atomic E-state index is 0.541. The van der Waals surface area contributed by atoms with E-state index in [1.165, 1.54) is 11.4 Å². The predicted octanol–water partition coefficient (Wildman–Crippen LogP) is 1.85. The minimum Gasteiger partial charge on any atom is -0.491 e. The molecular weight excluding hydrogens is 240 g/mol. The quantitative estimate of drug-likeness (QED) is 0.599. The van der Waals surface area contributed by atoms with Crippen LogP contribution in [0.3, 0.4) is 0 Å². The van der Waals surface area contributed by atoms with Crippen LogP contribution in [0.15, 0.2) is 23.3 Å². The lowest BCUT2D eigenvalue weighted by atomic mass is 10.1. The third kappa shape index (κ3) is 3.61. The second-order valence-corrected chi connectivity index (χ2v) is 4.35. The average molecular weight is 264 g/mol. The van der Waals surface area contributed by atoms with Crippen LogP contribution < -0.4 is 16.4 Å². The predicted molar refractivity (Wildman–Crippen MR) is 78.9 cm³/mol. The number of nitrogens with zero attached hydrogens (tertiary/aromatic N) is 2. The molecule has 1 aromatic rings. The Morgan fingerprint density at radius 1 is 1.32 bits per heavy atom. The largest absolute Gasteiger partial charge is 0.491 e. The van der Waals surface area contributed by atoms with Gasteiger partial charge in [0.2, 0.25) is 0 Å². The molecule has 19 heavy (non-hydrogen) atoms. The molecule has 0 radical (unpaired) electrons. The van der Waals surface area contributed by atoms with Crippen molar-refractivity contribution in [2.45, 2.75) is 33.6 Å². The first-order valence-electron chi connectivity index (χ1n) is 6.74. The molecule has 1 aromatic carbocycles.